The molecule has 0 radical (unpaired) electrons. The second-order valence-corrected chi connectivity index (χ2v) is 4.83. The van der Waals surface area contributed by atoms with E-state index in [1.807, 2.05) is 0 Å². The van der Waals surface area contributed by atoms with Crippen LogP contribution < -0.4 is 11.1 Å². The number of ether oxygens (including phenoxy) is 1. The van der Waals surface area contributed by atoms with Gasteiger partial charge in [-0.05, 0) is 26.2 Å². The van der Waals surface area contributed by atoms with Gasteiger partial charge in [0.1, 0.15) is 17.5 Å². The highest BCUT2D eigenvalue weighted by atomic mass is 16.5. The van der Waals surface area contributed by atoms with Crippen molar-refractivity contribution < 1.29 is 4.74 Å². The lowest BCUT2D eigenvalue weighted by atomic mass is 10.1. The van der Waals surface area contributed by atoms with E-state index in [4.69, 9.17) is 10.5 Å². The van der Waals surface area contributed by atoms with Crippen LogP contribution in [-0.4, -0.2) is 28.7 Å². The second-order valence-electron chi connectivity index (χ2n) is 4.83. The summed E-state index contributed by atoms with van der Waals surface area (Å²) < 4.78 is 5.66. The summed E-state index contributed by atoms with van der Waals surface area (Å²) in [4.78, 5) is 8.70. The van der Waals surface area contributed by atoms with Crippen LogP contribution >= 0.6 is 0 Å². The Morgan fingerprint density at radius 3 is 3.06 bits per heavy atom. The normalized spacial score (nSPS) is 20.9. The molecule has 0 aromatic carbocycles. The fourth-order valence-corrected chi connectivity index (χ4v) is 2.25. The number of nitrogens with zero attached hydrogens (tertiary/aromatic N) is 2. The Morgan fingerprint density at radius 2 is 2.39 bits per heavy atom. The summed E-state index contributed by atoms with van der Waals surface area (Å²) in [6.07, 6.45) is 4.40. The first-order valence-electron chi connectivity index (χ1n) is 6.70. The van der Waals surface area contributed by atoms with Gasteiger partial charge in [0.2, 0.25) is 0 Å². The van der Waals surface area contributed by atoms with E-state index in [1.165, 1.54) is 0 Å². The maximum absolute atomic E-state index is 5.80. The number of hydrogen-bond donors (Lipinski definition) is 2. The number of aromatic nitrogens is 2. The van der Waals surface area contributed by atoms with Crippen LogP contribution in [0.1, 0.15) is 38.9 Å². The van der Waals surface area contributed by atoms with Crippen LogP contribution in [0.3, 0.4) is 0 Å². The molecule has 2 unspecified atom stereocenters. The zero-order valence-corrected chi connectivity index (χ0v) is 11.1. The summed E-state index contributed by atoms with van der Waals surface area (Å²) in [6, 6.07) is 2.03. The van der Waals surface area contributed by atoms with E-state index in [0.29, 0.717) is 5.82 Å². The molecule has 1 fully saturated rings. The number of rotatable bonds is 5. The SMILES string of the molecule is CCCc1nc(N)cc(NC(C)C2CCCO2)n1. The van der Waals surface area contributed by atoms with Gasteiger partial charge in [-0.25, -0.2) is 9.97 Å². The number of aryl methyl sites for hydroxylation is 1. The summed E-state index contributed by atoms with van der Waals surface area (Å²) in [5.74, 6) is 2.13. The Labute approximate surface area is 108 Å². The molecule has 1 aromatic rings. The molecule has 1 aromatic heterocycles. The molecule has 0 spiro atoms. The molecule has 100 valence electrons. The lowest BCUT2D eigenvalue weighted by Gasteiger charge is -2.20. The average Bonchev–Trinajstić information content (AvgIpc) is 2.81. The molecule has 5 heteroatoms. The van der Waals surface area contributed by atoms with Gasteiger partial charge in [0.05, 0.1) is 12.1 Å². The van der Waals surface area contributed by atoms with Crippen LogP contribution in [0.4, 0.5) is 11.6 Å². The highest BCUT2D eigenvalue weighted by molar-refractivity contribution is 5.45. The van der Waals surface area contributed by atoms with Crippen molar-refractivity contribution in [3.05, 3.63) is 11.9 Å². The van der Waals surface area contributed by atoms with Gasteiger partial charge in [0, 0.05) is 19.1 Å². The molecule has 1 saturated heterocycles. The molecule has 18 heavy (non-hydrogen) atoms. The Bertz CT molecular complexity index is 391. The maximum atomic E-state index is 5.80. The lowest BCUT2D eigenvalue weighted by Crippen LogP contribution is -2.30. The Kier molecular flexibility index (Phi) is 4.36. The molecular weight excluding hydrogens is 228 g/mol. The predicted octanol–water partition coefficient (Wildman–Crippen LogP) is 1.99. The number of hydrogen-bond acceptors (Lipinski definition) is 5. The van der Waals surface area contributed by atoms with Crippen molar-refractivity contribution in [2.24, 2.45) is 0 Å². The molecule has 0 aliphatic carbocycles. The van der Waals surface area contributed by atoms with Crippen LogP contribution in [0, 0.1) is 0 Å². The number of nitrogens with one attached hydrogen (secondary N) is 1. The fraction of sp³-hybridized carbons (Fsp3) is 0.692. The van der Waals surface area contributed by atoms with Gasteiger partial charge < -0.3 is 15.8 Å². The van der Waals surface area contributed by atoms with E-state index < -0.39 is 0 Å². The standard InChI is InChI=1S/C13H22N4O/c1-3-5-12-16-11(14)8-13(17-12)15-9(2)10-6-4-7-18-10/h8-10H,3-7H2,1-2H3,(H3,14,15,16,17). The molecule has 2 atom stereocenters. The number of nitrogen functional groups attached to an aromatic ring is 1. The van der Waals surface area contributed by atoms with E-state index in [1.54, 1.807) is 6.07 Å². The molecule has 2 heterocycles. The van der Waals surface area contributed by atoms with Gasteiger partial charge in [-0.1, -0.05) is 6.92 Å². The smallest absolute Gasteiger partial charge is 0.133 e. The van der Waals surface area contributed by atoms with Crippen LogP contribution in [0.2, 0.25) is 0 Å². The van der Waals surface area contributed by atoms with Crippen molar-refractivity contribution in [1.29, 1.82) is 0 Å². The molecule has 0 amide bonds. The molecule has 0 bridgehead atoms. The number of nitrogens with two attached hydrogens (primary N) is 1. The van der Waals surface area contributed by atoms with Crippen LogP contribution in [0.15, 0.2) is 6.07 Å². The molecule has 2 rings (SSSR count). The van der Waals surface area contributed by atoms with Gasteiger partial charge in [-0.15, -0.1) is 0 Å². The molecule has 0 saturated carbocycles. The predicted molar refractivity (Wildman–Crippen MR) is 72.5 cm³/mol. The summed E-state index contributed by atoms with van der Waals surface area (Å²) >= 11 is 0. The van der Waals surface area contributed by atoms with E-state index in [0.717, 1.165) is 43.9 Å². The minimum atomic E-state index is 0.247. The van der Waals surface area contributed by atoms with Crippen molar-refractivity contribution >= 4 is 11.6 Å². The van der Waals surface area contributed by atoms with Crippen LogP contribution in [0.5, 0.6) is 0 Å². The van der Waals surface area contributed by atoms with Gasteiger partial charge in [-0.2, -0.15) is 0 Å². The zero-order chi connectivity index (χ0) is 13.0. The molecule has 1 aliphatic heterocycles. The van der Waals surface area contributed by atoms with Gasteiger partial charge in [0.25, 0.3) is 0 Å². The Morgan fingerprint density at radius 1 is 1.56 bits per heavy atom. The largest absolute Gasteiger partial charge is 0.384 e. The highest BCUT2D eigenvalue weighted by Crippen LogP contribution is 2.19. The van der Waals surface area contributed by atoms with E-state index in [-0.39, 0.29) is 12.1 Å². The van der Waals surface area contributed by atoms with E-state index in [2.05, 4.69) is 29.1 Å². The van der Waals surface area contributed by atoms with Gasteiger partial charge in [0.15, 0.2) is 0 Å². The third-order valence-electron chi connectivity index (χ3n) is 3.16. The third kappa shape index (κ3) is 3.32. The van der Waals surface area contributed by atoms with Crippen molar-refractivity contribution in [2.75, 3.05) is 17.7 Å². The zero-order valence-electron chi connectivity index (χ0n) is 11.1. The minimum Gasteiger partial charge on any atom is -0.384 e. The van der Waals surface area contributed by atoms with Gasteiger partial charge in [-0.3, -0.25) is 0 Å². The van der Waals surface area contributed by atoms with Crippen LogP contribution in [0.25, 0.3) is 0 Å². The first-order chi connectivity index (χ1) is 8.69. The molecule has 5 nitrogen and oxygen atoms in total. The van der Waals surface area contributed by atoms with Crippen LogP contribution in [-0.2, 0) is 11.2 Å². The summed E-state index contributed by atoms with van der Waals surface area (Å²) in [5, 5.41) is 3.37. The molecular formula is C13H22N4O. The highest BCUT2D eigenvalue weighted by Gasteiger charge is 2.22. The number of anilines is 2. The summed E-state index contributed by atoms with van der Waals surface area (Å²) in [5.41, 5.74) is 5.80. The maximum Gasteiger partial charge on any atom is 0.133 e. The second kappa shape index (κ2) is 6.00. The van der Waals surface area contributed by atoms with Crippen molar-refractivity contribution in [3.63, 3.8) is 0 Å². The fourth-order valence-electron chi connectivity index (χ4n) is 2.25. The topological polar surface area (TPSA) is 73.1 Å². The van der Waals surface area contributed by atoms with Crippen molar-refractivity contribution in [3.8, 4) is 0 Å². The summed E-state index contributed by atoms with van der Waals surface area (Å²) in [6.45, 7) is 5.09. The molecule has 3 N–H and O–H groups in total. The first-order valence-corrected chi connectivity index (χ1v) is 6.70. The van der Waals surface area contributed by atoms with Crippen molar-refractivity contribution in [1.82, 2.24) is 9.97 Å². The van der Waals surface area contributed by atoms with Gasteiger partial charge >= 0.3 is 0 Å². The third-order valence-corrected chi connectivity index (χ3v) is 3.16. The van der Waals surface area contributed by atoms with E-state index in [9.17, 15) is 0 Å². The monoisotopic (exact) mass is 250 g/mol. The Hall–Kier alpha value is -1.36. The average molecular weight is 250 g/mol. The minimum absolute atomic E-state index is 0.247. The quantitative estimate of drug-likeness (QED) is 0.836. The summed E-state index contributed by atoms with van der Waals surface area (Å²) in [7, 11) is 0. The van der Waals surface area contributed by atoms with E-state index >= 15 is 0 Å². The first kappa shape index (κ1) is 13.1. The molecule has 1 aliphatic rings. The lowest BCUT2D eigenvalue weighted by molar-refractivity contribution is 0.0995. The Balaban J connectivity index is 2.03. The van der Waals surface area contributed by atoms with Crippen molar-refractivity contribution in [2.45, 2.75) is 51.7 Å².